The highest BCUT2D eigenvalue weighted by atomic mass is 35.5. The Labute approximate surface area is 171 Å². The average molecular weight is 411 g/mol. The van der Waals surface area contributed by atoms with E-state index in [0.717, 1.165) is 16.2 Å². The van der Waals surface area contributed by atoms with Crippen molar-refractivity contribution in [3.8, 4) is 0 Å². The Morgan fingerprint density at radius 2 is 1.46 bits per heavy atom. The van der Waals surface area contributed by atoms with Gasteiger partial charge in [0.2, 0.25) is 5.78 Å². The monoisotopic (exact) mass is 410 g/mol. The number of methoxy groups -OCH3 is 1. The number of hydrogen-bond acceptors (Lipinski definition) is 3. The molecule has 0 aliphatic heterocycles. The molecule has 3 aromatic rings. The lowest BCUT2D eigenvalue weighted by Gasteiger charge is -2.28. The fourth-order valence-corrected chi connectivity index (χ4v) is 6.14. The first kappa shape index (κ1) is 20.3. The van der Waals surface area contributed by atoms with Gasteiger partial charge in [0.15, 0.2) is 0 Å². The average Bonchev–Trinajstić information content (AvgIpc) is 2.74. The number of carbonyl (C=O) groups is 2. The summed E-state index contributed by atoms with van der Waals surface area (Å²) < 4.78 is 4.66. The van der Waals surface area contributed by atoms with Crippen LogP contribution in [-0.2, 0) is 14.3 Å². The molecule has 0 bridgehead atoms. The number of halogens is 1. The summed E-state index contributed by atoms with van der Waals surface area (Å²) in [5.74, 6) is -1.35. The van der Waals surface area contributed by atoms with Crippen molar-refractivity contribution in [1.82, 2.24) is 0 Å². The van der Waals surface area contributed by atoms with Crippen molar-refractivity contribution in [3.05, 3.63) is 95.5 Å². The SMILES string of the molecule is COC(=O)C(=O)C[C@@H](c1cccc(Cl)c1)P(c1ccccc1)c1ccccc1. The molecule has 3 rings (SSSR count). The maximum atomic E-state index is 12.5. The van der Waals surface area contributed by atoms with E-state index < -0.39 is 19.7 Å². The number of benzene rings is 3. The van der Waals surface area contributed by atoms with E-state index in [9.17, 15) is 9.59 Å². The number of ketones is 1. The molecule has 5 heteroatoms. The van der Waals surface area contributed by atoms with Crippen LogP contribution in [0.1, 0.15) is 17.6 Å². The first-order chi connectivity index (χ1) is 13.6. The van der Waals surface area contributed by atoms with E-state index >= 15 is 0 Å². The number of rotatable bonds is 7. The molecule has 0 saturated heterocycles. The molecule has 0 unspecified atom stereocenters. The van der Waals surface area contributed by atoms with Crippen LogP contribution in [0.5, 0.6) is 0 Å². The quantitative estimate of drug-likeness (QED) is 0.323. The number of hydrogen-bond donors (Lipinski definition) is 0. The van der Waals surface area contributed by atoms with E-state index in [2.05, 4.69) is 29.0 Å². The van der Waals surface area contributed by atoms with Gasteiger partial charge in [0, 0.05) is 17.1 Å². The number of Topliss-reactive ketones (excluding diaryl/α,β-unsaturated/α-hetero) is 1. The lowest BCUT2D eigenvalue weighted by Crippen LogP contribution is -2.23. The number of carbonyl (C=O) groups excluding carboxylic acids is 2. The molecule has 1 atom stereocenters. The minimum atomic E-state index is -0.953. The van der Waals surface area contributed by atoms with Gasteiger partial charge in [0.25, 0.3) is 0 Å². The molecule has 0 N–H and O–H groups in total. The summed E-state index contributed by atoms with van der Waals surface area (Å²) in [4.78, 5) is 24.4. The molecule has 3 aromatic carbocycles. The second-order valence-electron chi connectivity index (χ2n) is 6.23. The molecular formula is C23H20ClO3P. The van der Waals surface area contributed by atoms with E-state index in [-0.39, 0.29) is 12.1 Å². The fraction of sp³-hybridized carbons (Fsp3) is 0.130. The zero-order valence-corrected chi connectivity index (χ0v) is 17.1. The standard InChI is InChI=1S/C23H20ClO3P/c1-27-23(26)21(25)16-22(17-9-8-10-18(24)15-17)28(19-11-4-2-5-12-19)20-13-6-3-7-14-20/h2-15,22H,16H2,1H3/t22-/m0/s1. The molecule has 0 fully saturated rings. The molecule has 0 radical (unpaired) electrons. The van der Waals surface area contributed by atoms with E-state index in [0.29, 0.717) is 5.02 Å². The number of esters is 1. The van der Waals surface area contributed by atoms with Crippen LogP contribution in [0, 0.1) is 0 Å². The van der Waals surface area contributed by atoms with Gasteiger partial charge in [0.05, 0.1) is 7.11 Å². The highest BCUT2D eigenvalue weighted by Gasteiger charge is 2.30. The van der Waals surface area contributed by atoms with Crippen molar-refractivity contribution in [2.45, 2.75) is 12.1 Å². The molecule has 0 aliphatic rings. The normalized spacial score (nSPS) is 11.8. The van der Waals surface area contributed by atoms with E-state index in [1.165, 1.54) is 7.11 Å². The van der Waals surface area contributed by atoms with Crippen molar-refractivity contribution in [2.24, 2.45) is 0 Å². The van der Waals surface area contributed by atoms with Gasteiger partial charge < -0.3 is 4.74 Å². The van der Waals surface area contributed by atoms with Crippen LogP contribution in [-0.4, -0.2) is 18.9 Å². The zero-order chi connectivity index (χ0) is 19.9. The Morgan fingerprint density at radius 1 is 0.893 bits per heavy atom. The van der Waals surface area contributed by atoms with E-state index in [4.69, 9.17) is 11.6 Å². The van der Waals surface area contributed by atoms with E-state index in [1.54, 1.807) is 6.07 Å². The third-order valence-corrected chi connectivity index (χ3v) is 7.45. The molecule has 0 aliphatic carbocycles. The smallest absolute Gasteiger partial charge is 0.374 e. The molecule has 0 spiro atoms. The Kier molecular flexibility index (Phi) is 6.97. The van der Waals surface area contributed by atoms with Crippen molar-refractivity contribution in [2.75, 3.05) is 7.11 Å². The van der Waals surface area contributed by atoms with Crippen molar-refractivity contribution < 1.29 is 14.3 Å². The zero-order valence-electron chi connectivity index (χ0n) is 15.4. The predicted molar refractivity (Wildman–Crippen MR) is 115 cm³/mol. The van der Waals surface area contributed by atoms with Gasteiger partial charge in [-0.2, -0.15) is 0 Å². The second-order valence-corrected chi connectivity index (χ2v) is 9.06. The highest BCUT2D eigenvalue weighted by Crippen LogP contribution is 2.51. The van der Waals surface area contributed by atoms with Crippen LogP contribution in [0.2, 0.25) is 5.02 Å². The van der Waals surface area contributed by atoms with Gasteiger partial charge in [0.1, 0.15) is 0 Å². The summed E-state index contributed by atoms with van der Waals surface area (Å²) in [5.41, 5.74) is 0.730. The largest absolute Gasteiger partial charge is 0.463 e. The fourth-order valence-electron chi connectivity index (χ4n) is 3.13. The Hall–Kier alpha value is -2.48. The maximum Gasteiger partial charge on any atom is 0.374 e. The summed E-state index contributed by atoms with van der Waals surface area (Å²) in [7, 11) is 0.275. The van der Waals surface area contributed by atoms with Gasteiger partial charge in [-0.15, -0.1) is 0 Å². The lowest BCUT2D eigenvalue weighted by molar-refractivity contribution is -0.151. The van der Waals surface area contributed by atoms with Crippen LogP contribution in [0.15, 0.2) is 84.9 Å². The van der Waals surface area contributed by atoms with Crippen molar-refractivity contribution in [1.29, 1.82) is 0 Å². The molecule has 0 saturated carbocycles. The molecular weight excluding hydrogens is 391 g/mol. The first-order valence-electron chi connectivity index (χ1n) is 8.86. The molecule has 3 nitrogen and oxygen atoms in total. The molecule has 142 valence electrons. The van der Waals surface area contributed by atoms with Gasteiger partial charge in [-0.1, -0.05) is 84.4 Å². The third-order valence-electron chi connectivity index (χ3n) is 4.41. The van der Waals surface area contributed by atoms with Gasteiger partial charge in [-0.25, -0.2) is 4.79 Å². The van der Waals surface area contributed by atoms with E-state index in [1.807, 2.05) is 54.6 Å². The summed E-state index contributed by atoms with van der Waals surface area (Å²) in [6, 6.07) is 27.7. The lowest BCUT2D eigenvalue weighted by atomic mass is 10.1. The highest BCUT2D eigenvalue weighted by molar-refractivity contribution is 7.73. The molecule has 0 heterocycles. The molecule has 0 aromatic heterocycles. The summed E-state index contributed by atoms with van der Waals surface area (Å²) >= 11 is 6.24. The molecule has 28 heavy (non-hydrogen) atoms. The Morgan fingerprint density at radius 3 is 1.96 bits per heavy atom. The summed E-state index contributed by atoms with van der Waals surface area (Å²) in [6.07, 6.45) is 0.0580. The van der Waals surface area contributed by atoms with Crippen molar-refractivity contribution in [3.63, 3.8) is 0 Å². The van der Waals surface area contributed by atoms with Crippen LogP contribution < -0.4 is 10.6 Å². The van der Waals surface area contributed by atoms with Gasteiger partial charge >= 0.3 is 5.97 Å². The summed E-state index contributed by atoms with van der Waals surface area (Å²) in [5, 5.41) is 2.86. The Bertz CT molecular complexity index is 905. The van der Waals surface area contributed by atoms with Crippen LogP contribution >= 0.6 is 19.5 Å². The van der Waals surface area contributed by atoms with Gasteiger partial charge in [-0.05, 0) is 36.2 Å². The predicted octanol–water partition coefficient (Wildman–Crippen LogP) is 4.65. The van der Waals surface area contributed by atoms with Crippen molar-refractivity contribution >= 4 is 41.9 Å². The Balaban J connectivity index is 2.13. The topological polar surface area (TPSA) is 43.4 Å². The molecule has 0 amide bonds. The van der Waals surface area contributed by atoms with Crippen LogP contribution in [0.4, 0.5) is 0 Å². The first-order valence-corrected chi connectivity index (χ1v) is 10.6. The summed E-state index contributed by atoms with van der Waals surface area (Å²) in [6.45, 7) is 0. The number of ether oxygens (including phenoxy) is 1. The minimum absolute atomic E-state index is 0.0580. The van der Waals surface area contributed by atoms with Crippen LogP contribution in [0.3, 0.4) is 0 Å². The van der Waals surface area contributed by atoms with Gasteiger partial charge in [-0.3, -0.25) is 4.79 Å². The maximum absolute atomic E-state index is 12.5. The second kappa shape index (κ2) is 9.64. The van der Waals surface area contributed by atoms with Crippen LogP contribution in [0.25, 0.3) is 0 Å². The third kappa shape index (κ3) is 4.86. The minimum Gasteiger partial charge on any atom is -0.463 e.